The van der Waals surface area contributed by atoms with E-state index in [9.17, 15) is 9.59 Å². The van der Waals surface area contributed by atoms with Crippen molar-refractivity contribution in [2.45, 2.75) is 19.9 Å². The Labute approximate surface area is 95.2 Å². The largest absolute Gasteiger partial charge is 0.376 e. The first-order valence-electron chi connectivity index (χ1n) is 4.99. The number of carbonyl (C=O) groups excluding carboxylic acids is 2. The van der Waals surface area contributed by atoms with Gasteiger partial charge in [0.25, 0.3) is 0 Å². The molecule has 0 spiro atoms. The van der Waals surface area contributed by atoms with Gasteiger partial charge in [-0.3, -0.25) is 10.1 Å². The molecule has 92 valence electrons. The maximum Gasteiger partial charge on any atom is 0.318 e. The van der Waals surface area contributed by atoms with E-state index in [0.29, 0.717) is 19.8 Å². The van der Waals surface area contributed by atoms with Crippen molar-refractivity contribution in [3.05, 3.63) is 12.2 Å². The van der Waals surface area contributed by atoms with Crippen LogP contribution < -0.4 is 16.4 Å². The number of hydrogen-bond donors (Lipinski definition) is 3. The number of rotatable bonds is 7. The quantitative estimate of drug-likeness (QED) is 0.414. The van der Waals surface area contributed by atoms with Gasteiger partial charge in [-0.25, -0.2) is 4.79 Å². The molecule has 0 aliphatic carbocycles. The third-order valence-electron chi connectivity index (χ3n) is 1.69. The molecule has 0 radical (unpaired) electrons. The number of primary amides is 1. The van der Waals surface area contributed by atoms with Crippen LogP contribution in [-0.2, 0) is 9.53 Å². The Hall–Kier alpha value is -1.40. The van der Waals surface area contributed by atoms with E-state index in [2.05, 4.69) is 11.9 Å². The molecule has 0 rings (SSSR count). The molecular formula is C10H19N3O3. The van der Waals surface area contributed by atoms with Crippen LogP contribution in [0, 0.1) is 0 Å². The van der Waals surface area contributed by atoms with Gasteiger partial charge in [0.2, 0.25) is 5.91 Å². The highest BCUT2D eigenvalue weighted by molar-refractivity contribution is 5.96. The highest BCUT2D eigenvalue weighted by Gasteiger charge is 2.12. The Morgan fingerprint density at radius 1 is 1.50 bits per heavy atom. The van der Waals surface area contributed by atoms with Gasteiger partial charge in [-0.2, -0.15) is 0 Å². The normalized spacial score (nSPS) is 11.9. The van der Waals surface area contributed by atoms with Crippen LogP contribution in [0.4, 0.5) is 4.79 Å². The van der Waals surface area contributed by atoms with Gasteiger partial charge in [0, 0.05) is 6.54 Å². The molecule has 0 bridgehead atoms. The van der Waals surface area contributed by atoms with Gasteiger partial charge < -0.3 is 15.8 Å². The number of carbonyl (C=O) groups is 2. The van der Waals surface area contributed by atoms with Crippen molar-refractivity contribution in [1.29, 1.82) is 0 Å². The molecule has 1 unspecified atom stereocenters. The summed E-state index contributed by atoms with van der Waals surface area (Å²) in [6.45, 7) is 8.69. The van der Waals surface area contributed by atoms with Gasteiger partial charge in [0.15, 0.2) is 0 Å². The van der Waals surface area contributed by atoms with Crippen LogP contribution in [-0.4, -0.2) is 37.7 Å². The molecule has 6 nitrogen and oxygen atoms in total. The molecule has 16 heavy (non-hydrogen) atoms. The molecule has 6 heteroatoms. The second kappa shape index (κ2) is 7.84. The minimum absolute atomic E-state index is 0.451. The van der Waals surface area contributed by atoms with Gasteiger partial charge >= 0.3 is 6.03 Å². The molecule has 1 atom stereocenters. The van der Waals surface area contributed by atoms with Crippen molar-refractivity contribution in [3.8, 4) is 0 Å². The Balaban J connectivity index is 3.57. The molecule has 3 amide bonds. The average molecular weight is 229 g/mol. The molecular weight excluding hydrogens is 210 g/mol. The van der Waals surface area contributed by atoms with Crippen LogP contribution in [0.3, 0.4) is 0 Å². The van der Waals surface area contributed by atoms with Gasteiger partial charge in [0.05, 0.1) is 19.3 Å². The minimum atomic E-state index is -0.850. The van der Waals surface area contributed by atoms with Crippen LogP contribution >= 0.6 is 0 Å². The van der Waals surface area contributed by atoms with E-state index in [1.807, 2.05) is 12.2 Å². The molecule has 0 saturated carbocycles. The second-order valence-electron chi connectivity index (χ2n) is 3.54. The second-order valence-corrected chi connectivity index (χ2v) is 3.54. The van der Waals surface area contributed by atoms with Gasteiger partial charge in [-0.15, -0.1) is 0 Å². The van der Waals surface area contributed by atoms with E-state index in [1.54, 1.807) is 6.92 Å². The van der Waals surface area contributed by atoms with Gasteiger partial charge in [0.1, 0.15) is 0 Å². The fraction of sp³-hybridized carbons (Fsp3) is 0.600. The maximum atomic E-state index is 11.2. The Morgan fingerprint density at radius 2 is 2.12 bits per heavy atom. The highest BCUT2D eigenvalue weighted by Crippen LogP contribution is 1.87. The molecule has 0 fully saturated rings. The zero-order chi connectivity index (χ0) is 12.6. The fourth-order valence-corrected chi connectivity index (χ4v) is 0.916. The third kappa shape index (κ3) is 7.95. The summed E-state index contributed by atoms with van der Waals surface area (Å²) in [4.78, 5) is 21.6. The summed E-state index contributed by atoms with van der Waals surface area (Å²) < 4.78 is 5.22. The first kappa shape index (κ1) is 14.6. The van der Waals surface area contributed by atoms with E-state index >= 15 is 0 Å². The first-order valence-corrected chi connectivity index (χ1v) is 4.99. The highest BCUT2D eigenvalue weighted by atomic mass is 16.5. The molecule has 0 aromatic heterocycles. The Kier molecular flexibility index (Phi) is 7.15. The van der Waals surface area contributed by atoms with Crippen molar-refractivity contribution in [1.82, 2.24) is 10.6 Å². The first-order chi connectivity index (χ1) is 7.43. The lowest BCUT2D eigenvalue weighted by Gasteiger charge is -2.12. The lowest BCUT2D eigenvalue weighted by atomic mass is 10.3. The van der Waals surface area contributed by atoms with Crippen LogP contribution in [0.5, 0.6) is 0 Å². The molecule has 4 N–H and O–H groups in total. The summed E-state index contributed by atoms with van der Waals surface area (Å²) in [5.74, 6) is -0.451. The monoisotopic (exact) mass is 229 g/mol. The van der Waals surface area contributed by atoms with E-state index in [0.717, 1.165) is 5.57 Å². The van der Waals surface area contributed by atoms with Gasteiger partial charge in [-0.1, -0.05) is 12.2 Å². The molecule has 0 aliphatic rings. The SMILES string of the molecule is C=C(C)COCCNC(C)C(=O)NC(N)=O. The fourth-order valence-electron chi connectivity index (χ4n) is 0.916. The predicted octanol–water partition coefficient (Wildman–Crippen LogP) is -0.248. The Bertz CT molecular complexity index is 266. The lowest BCUT2D eigenvalue weighted by Crippen LogP contribution is -2.47. The van der Waals surface area contributed by atoms with E-state index in [-0.39, 0.29) is 0 Å². The number of ether oxygens (including phenoxy) is 1. The standard InChI is InChI=1S/C10H19N3O3/c1-7(2)6-16-5-4-12-8(3)9(14)13-10(11)15/h8,12H,1,4-6H2,2-3H3,(H3,11,13,14,15). The minimum Gasteiger partial charge on any atom is -0.376 e. The summed E-state index contributed by atoms with van der Waals surface area (Å²) >= 11 is 0. The van der Waals surface area contributed by atoms with E-state index < -0.39 is 18.0 Å². The number of nitrogens with one attached hydrogen (secondary N) is 2. The number of imide groups is 1. The molecule has 0 aromatic rings. The van der Waals surface area contributed by atoms with Crippen LogP contribution in [0.25, 0.3) is 0 Å². The summed E-state index contributed by atoms with van der Waals surface area (Å²) in [6.07, 6.45) is 0. The summed E-state index contributed by atoms with van der Waals surface area (Å²) in [5.41, 5.74) is 5.75. The van der Waals surface area contributed by atoms with Crippen molar-refractivity contribution in [2.24, 2.45) is 5.73 Å². The molecule has 0 aliphatic heterocycles. The van der Waals surface area contributed by atoms with Crippen LogP contribution in [0.15, 0.2) is 12.2 Å². The third-order valence-corrected chi connectivity index (χ3v) is 1.69. The van der Waals surface area contributed by atoms with Crippen molar-refractivity contribution in [2.75, 3.05) is 19.8 Å². The number of nitrogens with two attached hydrogens (primary N) is 1. The van der Waals surface area contributed by atoms with Crippen molar-refractivity contribution < 1.29 is 14.3 Å². The van der Waals surface area contributed by atoms with E-state index in [4.69, 9.17) is 10.5 Å². The molecule has 0 saturated heterocycles. The predicted molar refractivity (Wildman–Crippen MR) is 60.8 cm³/mol. The van der Waals surface area contributed by atoms with Crippen LogP contribution in [0.2, 0.25) is 0 Å². The average Bonchev–Trinajstić information content (AvgIpc) is 2.15. The number of amides is 3. The van der Waals surface area contributed by atoms with Crippen LogP contribution in [0.1, 0.15) is 13.8 Å². The summed E-state index contributed by atoms with van der Waals surface area (Å²) in [6, 6.07) is -1.34. The lowest BCUT2D eigenvalue weighted by molar-refractivity contribution is -0.121. The number of urea groups is 1. The van der Waals surface area contributed by atoms with E-state index in [1.165, 1.54) is 0 Å². The molecule has 0 aromatic carbocycles. The zero-order valence-corrected chi connectivity index (χ0v) is 9.71. The maximum absolute atomic E-state index is 11.2. The summed E-state index contributed by atoms with van der Waals surface area (Å²) in [7, 11) is 0. The topological polar surface area (TPSA) is 93.4 Å². The summed E-state index contributed by atoms with van der Waals surface area (Å²) in [5, 5.41) is 4.87. The zero-order valence-electron chi connectivity index (χ0n) is 9.71. The van der Waals surface area contributed by atoms with Crippen molar-refractivity contribution in [3.63, 3.8) is 0 Å². The number of hydrogen-bond acceptors (Lipinski definition) is 4. The smallest absolute Gasteiger partial charge is 0.318 e. The Morgan fingerprint density at radius 3 is 2.62 bits per heavy atom. The van der Waals surface area contributed by atoms with Crippen molar-refractivity contribution >= 4 is 11.9 Å². The van der Waals surface area contributed by atoms with Gasteiger partial charge in [-0.05, 0) is 13.8 Å². The molecule has 0 heterocycles.